The van der Waals surface area contributed by atoms with E-state index < -0.39 is 29.4 Å². The maximum Gasteiger partial charge on any atom is 0.337 e. The number of nitrogens with one attached hydrogen (secondary N) is 1. The number of esters is 1. The molecule has 9 heteroatoms. The van der Waals surface area contributed by atoms with E-state index in [2.05, 4.69) is 21.2 Å². The maximum absolute atomic E-state index is 14.6. The zero-order valence-electron chi connectivity index (χ0n) is 15.5. The van der Waals surface area contributed by atoms with Gasteiger partial charge in [-0.15, -0.1) is 0 Å². The molecule has 1 fully saturated rings. The van der Waals surface area contributed by atoms with Gasteiger partial charge in [0.25, 0.3) is 0 Å². The first-order chi connectivity index (χ1) is 13.8. The first kappa shape index (κ1) is 21.2. The molecule has 1 amide bonds. The van der Waals surface area contributed by atoms with Crippen molar-refractivity contribution in [3.8, 4) is 0 Å². The number of methoxy groups -OCH3 is 1. The van der Waals surface area contributed by atoms with Crippen molar-refractivity contribution in [2.24, 2.45) is 5.73 Å². The van der Waals surface area contributed by atoms with E-state index in [9.17, 15) is 18.4 Å². The third kappa shape index (κ3) is 4.56. The van der Waals surface area contributed by atoms with E-state index in [1.165, 1.54) is 25.3 Å². The average molecular weight is 469 g/mol. The fraction of sp³-hybridized carbons (Fsp3) is 0.300. The molecule has 1 aliphatic rings. The molecular weight excluding hydrogens is 450 g/mol. The fourth-order valence-corrected chi connectivity index (χ4v) is 3.42. The molecule has 1 unspecified atom stereocenters. The number of nitrogens with two attached hydrogens (primary N) is 1. The van der Waals surface area contributed by atoms with Crippen molar-refractivity contribution < 1.29 is 27.8 Å². The van der Waals surface area contributed by atoms with Crippen LogP contribution in [0.5, 0.6) is 0 Å². The zero-order chi connectivity index (χ0) is 21.1. The van der Waals surface area contributed by atoms with Crippen LogP contribution >= 0.6 is 15.9 Å². The predicted octanol–water partition coefficient (Wildman–Crippen LogP) is 3.33. The van der Waals surface area contributed by atoms with Crippen molar-refractivity contribution in [1.82, 2.24) is 0 Å². The summed E-state index contributed by atoms with van der Waals surface area (Å²) in [4.78, 5) is 24.2. The average Bonchev–Trinajstić information content (AvgIpc) is 2.64. The van der Waals surface area contributed by atoms with Crippen LogP contribution in [0, 0.1) is 11.6 Å². The minimum atomic E-state index is -1.27. The van der Waals surface area contributed by atoms with Crippen molar-refractivity contribution in [2.75, 3.05) is 25.6 Å². The number of carbonyl (C=O) groups is 2. The van der Waals surface area contributed by atoms with Gasteiger partial charge in [-0.05, 0) is 52.2 Å². The Morgan fingerprint density at radius 3 is 2.59 bits per heavy atom. The Kier molecular flexibility index (Phi) is 6.49. The first-order valence-corrected chi connectivity index (χ1v) is 9.62. The van der Waals surface area contributed by atoms with Crippen LogP contribution in [-0.2, 0) is 14.3 Å². The summed E-state index contributed by atoms with van der Waals surface area (Å²) < 4.78 is 38.7. The van der Waals surface area contributed by atoms with Gasteiger partial charge in [-0.3, -0.25) is 4.79 Å². The number of ether oxygens (including phenoxy) is 2. The highest BCUT2D eigenvalue weighted by Crippen LogP contribution is 2.35. The molecule has 1 heterocycles. The number of hydrogen-bond donors (Lipinski definition) is 2. The van der Waals surface area contributed by atoms with Crippen LogP contribution < -0.4 is 11.1 Å². The van der Waals surface area contributed by atoms with Gasteiger partial charge in [0.2, 0.25) is 5.91 Å². The Morgan fingerprint density at radius 1 is 1.28 bits per heavy atom. The molecule has 0 aliphatic carbocycles. The molecule has 0 bridgehead atoms. The van der Waals surface area contributed by atoms with Gasteiger partial charge in [-0.25, -0.2) is 13.6 Å². The standard InChI is InChI=1S/C20H19BrF2N2O4/c1-28-20(27)10-2-3-12(17(6-10)25-9-11-4-5-29-11)18(19(24)26)13-7-16(23)14(21)8-15(13)22/h2-3,6-8,11,18,25H,4-5,9H2,1H3,(H2,24,26)/t11-,18?/m0/s1. The van der Waals surface area contributed by atoms with Gasteiger partial charge in [-0.2, -0.15) is 0 Å². The number of benzene rings is 2. The second-order valence-corrected chi connectivity index (χ2v) is 7.43. The normalized spacial score (nSPS) is 16.6. The van der Waals surface area contributed by atoms with Crippen molar-refractivity contribution in [1.29, 1.82) is 0 Å². The van der Waals surface area contributed by atoms with E-state index in [4.69, 9.17) is 15.2 Å². The third-order valence-electron chi connectivity index (χ3n) is 4.73. The molecule has 6 nitrogen and oxygen atoms in total. The van der Waals surface area contributed by atoms with Gasteiger partial charge in [0.15, 0.2) is 0 Å². The van der Waals surface area contributed by atoms with Crippen LogP contribution in [0.4, 0.5) is 14.5 Å². The van der Waals surface area contributed by atoms with Gasteiger partial charge in [0.1, 0.15) is 11.6 Å². The van der Waals surface area contributed by atoms with Gasteiger partial charge < -0.3 is 20.5 Å². The molecule has 1 saturated heterocycles. The van der Waals surface area contributed by atoms with Crippen LogP contribution in [0.3, 0.4) is 0 Å². The monoisotopic (exact) mass is 468 g/mol. The van der Waals surface area contributed by atoms with Crippen LogP contribution in [0.1, 0.15) is 33.8 Å². The number of rotatable bonds is 7. The summed E-state index contributed by atoms with van der Waals surface area (Å²) in [6, 6.07) is 6.28. The Hall–Kier alpha value is -2.52. The van der Waals surface area contributed by atoms with E-state index >= 15 is 0 Å². The maximum atomic E-state index is 14.6. The number of amides is 1. The molecule has 2 atom stereocenters. The molecule has 0 radical (unpaired) electrons. The summed E-state index contributed by atoms with van der Waals surface area (Å²) >= 11 is 2.92. The molecule has 1 aliphatic heterocycles. The quantitative estimate of drug-likeness (QED) is 0.480. The molecule has 3 rings (SSSR count). The van der Waals surface area contributed by atoms with Crippen molar-refractivity contribution >= 4 is 33.5 Å². The van der Waals surface area contributed by atoms with Gasteiger partial charge in [-0.1, -0.05) is 6.07 Å². The Balaban J connectivity index is 2.07. The smallest absolute Gasteiger partial charge is 0.337 e. The Morgan fingerprint density at radius 2 is 2.00 bits per heavy atom. The summed E-state index contributed by atoms with van der Waals surface area (Å²) in [7, 11) is 1.25. The molecule has 0 spiro atoms. The number of hydrogen-bond acceptors (Lipinski definition) is 5. The molecule has 154 valence electrons. The summed E-state index contributed by atoms with van der Waals surface area (Å²) in [5.74, 6) is -4.21. The molecule has 2 aromatic rings. The molecule has 29 heavy (non-hydrogen) atoms. The van der Waals surface area contributed by atoms with E-state index in [0.717, 1.165) is 18.6 Å². The summed E-state index contributed by atoms with van der Waals surface area (Å²) in [6.45, 7) is 1.08. The number of carbonyl (C=O) groups excluding carboxylic acids is 2. The topological polar surface area (TPSA) is 90.7 Å². The lowest BCUT2D eigenvalue weighted by Crippen LogP contribution is -2.34. The molecule has 0 aromatic heterocycles. The van der Waals surface area contributed by atoms with Gasteiger partial charge >= 0.3 is 5.97 Å². The van der Waals surface area contributed by atoms with Crippen LogP contribution in [0.2, 0.25) is 0 Å². The molecule has 3 N–H and O–H groups in total. The van der Waals surface area contributed by atoms with E-state index in [0.29, 0.717) is 24.4 Å². The predicted molar refractivity (Wildman–Crippen MR) is 106 cm³/mol. The van der Waals surface area contributed by atoms with Crippen LogP contribution in [0.25, 0.3) is 0 Å². The lowest BCUT2D eigenvalue weighted by Gasteiger charge is -2.28. The van der Waals surface area contributed by atoms with Crippen LogP contribution in [-0.4, -0.2) is 38.2 Å². The number of halogens is 3. The van der Waals surface area contributed by atoms with Gasteiger partial charge in [0.05, 0.1) is 29.2 Å². The third-order valence-corrected chi connectivity index (χ3v) is 5.34. The van der Waals surface area contributed by atoms with E-state index in [1.807, 2.05) is 0 Å². The van der Waals surface area contributed by atoms with Gasteiger partial charge in [0, 0.05) is 24.4 Å². The van der Waals surface area contributed by atoms with Crippen molar-refractivity contribution in [2.45, 2.75) is 18.4 Å². The van der Waals surface area contributed by atoms with E-state index in [-0.39, 0.29) is 21.7 Å². The molecule has 0 saturated carbocycles. The number of primary amides is 1. The largest absolute Gasteiger partial charge is 0.465 e. The second kappa shape index (κ2) is 8.87. The summed E-state index contributed by atoms with van der Waals surface area (Å²) in [5.41, 5.74) is 6.29. The lowest BCUT2D eigenvalue weighted by molar-refractivity contribution is -0.118. The second-order valence-electron chi connectivity index (χ2n) is 6.58. The highest BCUT2D eigenvalue weighted by molar-refractivity contribution is 9.10. The van der Waals surface area contributed by atoms with E-state index in [1.54, 1.807) is 0 Å². The zero-order valence-corrected chi connectivity index (χ0v) is 17.1. The SMILES string of the molecule is COC(=O)c1ccc(C(C(N)=O)c2cc(F)c(Br)cc2F)c(NC[C@@H]2CCO2)c1. The Bertz CT molecular complexity index is 950. The lowest BCUT2D eigenvalue weighted by atomic mass is 9.88. The first-order valence-electron chi connectivity index (χ1n) is 8.83. The molecule has 2 aromatic carbocycles. The minimum absolute atomic E-state index is 0.0153. The highest BCUT2D eigenvalue weighted by atomic mass is 79.9. The fourth-order valence-electron chi connectivity index (χ4n) is 3.11. The molecular formula is C20H19BrF2N2O4. The highest BCUT2D eigenvalue weighted by Gasteiger charge is 2.28. The number of anilines is 1. The summed E-state index contributed by atoms with van der Waals surface area (Å²) in [6.07, 6.45) is 0.851. The van der Waals surface area contributed by atoms with Crippen LogP contribution in [0.15, 0.2) is 34.8 Å². The minimum Gasteiger partial charge on any atom is -0.465 e. The Labute approximate surface area is 174 Å². The summed E-state index contributed by atoms with van der Waals surface area (Å²) in [5, 5.41) is 3.12. The van der Waals surface area contributed by atoms with Crippen molar-refractivity contribution in [3.63, 3.8) is 0 Å². The van der Waals surface area contributed by atoms with Crippen molar-refractivity contribution in [3.05, 3.63) is 63.1 Å².